The molecule has 0 atom stereocenters. The Hall–Kier alpha value is -2.66. The number of aryl methyl sites for hydroxylation is 1. The van der Waals surface area contributed by atoms with Crippen LogP contribution in [0.5, 0.6) is 0 Å². The quantitative estimate of drug-likeness (QED) is 0.544. The second-order valence-electron chi connectivity index (χ2n) is 5.09. The van der Waals surface area contributed by atoms with E-state index in [1.54, 1.807) is 6.20 Å². The van der Waals surface area contributed by atoms with Gasteiger partial charge in [-0.1, -0.05) is 11.6 Å². The Morgan fingerprint density at radius 2 is 2.09 bits per heavy atom. The van der Waals surface area contributed by atoms with Gasteiger partial charge in [-0.25, -0.2) is 4.98 Å². The second kappa shape index (κ2) is 4.96. The number of fused-ring (bicyclic) bond motifs is 2. The Labute approximate surface area is 131 Å². The summed E-state index contributed by atoms with van der Waals surface area (Å²) in [6, 6.07) is 11.8. The highest BCUT2D eigenvalue weighted by molar-refractivity contribution is 6.34. The van der Waals surface area contributed by atoms with Crippen LogP contribution in [-0.4, -0.2) is 20.2 Å². The van der Waals surface area contributed by atoms with Crippen molar-refractivity contribution in [3.8, 4) is 0 Å². The maximum atomic E-state index is 6.18. The van der Waals surface area contributed by atoms with Gasteiger partial charge in [-0.2, -0.15) is 5.10 Å². The highest BCUT2D eigenvalue weighted by Gasteiger charge is 2.08. The van der Waals surface area contributed by atoms with Gasteiger partial charge in [0.05, 0.1) is 5.52 Å². The zero-order chi connectivity index (χ0) is 15.1. The molecule has 4 aromatic rings. The third-order valence-electron chi connectivity index (χ3n) is 3.50. The van der Waals surface area contributed by atoms with E-state index in [1.807, 2.05) is 43.3 Å². The summed E-state index contributed by atoms with van der Waals surface area (Å²) in [4.78, 5) is 8.61. The fraction of sp³-hybridized carbons (Fsp3) is 0.0625. The largest absolute Gasteiger partial charge is 0.337 e. The van der Waals surface area contributed by atoms with Crippen molar-refractivity contribution >= 4 is 44.9 Å². The lowest BCUT2D eigenvalue weighted by Crippen LogP contribution is -1.93. The Bertz CT molecular complexity index is 992. The number of H-pyrrole nitrogens is 1. The van der Waals surface area contributed by atoms with Crippen LogP contribution >= 0.6 is 11.6 Å². The third-order valence-corrected chi connectivity index (χ3v) is 3.78. The van der Waals surface area contributed by atoms with E-state index in [1.165, 1.54) is 0 Å². The van der Waals surface area contributed by atoms with Crippen LogP contribution < -0.4 is 5.32 Å². The summed E-state index contributed by atoms with van der Waals surface area (Å²) >= 11 is 6.18. The van der Waals surface area contributed by atoms with Gasteiger partial charge in [0.15, 0.2) is 5.82 Å². The Kier molecular flexibility index (Phi) is 2.94. The molecular weight excluding hydrogens is 298 g/mol. The van der Waals surface area contributed by atoms with Gasteiger partial charge in [0, 0.05) is 23.0 Å². The van der Waals surface area contributed by atoms with E-state index < -0.39 is 0 Å². The lowest BCUT2D eigenvalue weighted by atomic mass is 10.1. The van der Waals surface area contributed by atoms with Crippen LogP contribution in [-0.2, 0) is 0 Å². The van der Waals surface area contributed by atoms with E-state index in [0.717, 1.165) is 33.2 Å². The maximum Gasteiger partial charge on any atom is 0.178 e. The lowest BCUT2D eigenvalue weighted by Gasteiger charge is -2.07. The van der Waals surface area contributed by atoms with Crippen molar-refractivity contribution in [1.29, 1.82) is 0 Å². The molecule has 2 N–H and O–H groups in total. The summed E-state index contributed by atoms with van der Waals surface area (Å²) in [5, 5.41) is 13.0. The van der Waals surface area contributed by atoms with Crippen LogP contribution in [0.3, 0.4) is 0 Å². The standard InChI is InChI=1S/C16H12ClN5/c1-9-7-10-8-11(4-5-12(10)15(17)19-9)20-16-14-13(21-22-16)3-2-6-18-14/h2-8H,1H3,(H2,20,21,22). The van der Waals surface area contributed by atoms with Crippen molar-refractivity contribution in [2.24, 2.45) is 0 Å². The molecule has 108 valence electrons. The zero-order valence-corrected chi connectivity index (χ0v) is 12.5. The molecule has 0 unspecified atom stereocenters. The molecule has 0 aliphatic rings. The highest BCUT2D eigenvalue weighted by atomic mass is 35.5. The van der Waals surface area contributed by atoms with Gasteiger partial charge in [-0.3, -0.25) is 10.1 Å². The van der Waals surface area contributed by atoms with Crippen LogP contribution in [0.15, 0.2) is 42.6 Å². The number of hydrogen-bond acceptors (Lipinski definition) is 4. The average molecular weight is 310 g/mol. The smallest absolute Gasteiger partial charge is 0.178 e. The number of benzene rings is 1. The van der Waals surface area contributed by atoms with Gasteiger partial charge < -0.3 is 5.32 Å². The minimum atomic E-state index is 0.522. The fourth-order valence-electron chi connectivity index (χ4n) is 2.50. The number of nitrogens with one attached hydrogen (secondary N) is 2. The number of pyridine rings is 2. The number of anilines is 2. The molecule has 0 amide bonds. The molecule has 1 aromatic carbocycles. The van der Waals surface area contributed by atoms with E-state index in [4.69, 9.17) is 11.6 Å². The Morgan fingerprint density at radius 3 is 3.00 bits per heavy atom. The van der Waals surface area contributed by atoms with Crippen molar-refractivity contribution in [2.45, 2.75) is 6.92 Å². The van der Waals surface area contributed by atoms with E-state index in [2.05, 4.69) is 25.5 Å². The molecule has 0 saturated carbocycles. The van der Waals surface area contributed by atoms with Gasteiger partial charge in [-0.05, 0) is 48.7 Å². The summed E-state index contributed by atoms with van der Waals surface area (Å²) in [6.07, 6.45) is 1.75. The number of aromatic nitrogens is 4. The van der Waals surface area contributed by atoms with Crippen molar-refractivity contribution < 1.29 is 0 Å². The topological polar surface area (TPSA) is 66.5 Å². The number of hydrogen-bond donors (Lipinski definition) is 2. The van der Waals surface area contributed by atoms with Crippen LogP contribution in [0.1, 0.15) is 5.69 Å². The molecule has 3 heterocycles. The molecule has 6 heteroatoms. The molecule has 4 rings (SSSR count). The zero-order valence-electron chi connectivity index (χ0n) is 11.8. The van der Waals surface area contributed by atoms with Gasteiger partial charge >= 0.3 is 0 Å². The van der Waals surface area contributed by atoms with Crippen molar-refractivity contribution in [3.05, 3.63) is 53.4 Å². The van der Waals surface area contributed by atoms with Gasteiger partial charge in [-0.15, -0.1) is 0 Å². The van der Waals surface area contributed by atoms with E-state index in [-0.39, 0.29) is 0 Å². The molecule has 0 radical (unpaired) electrons. The first-order valence-electron chi connectivity index (χ1n) is 6.84. The number of nitrogens with zero attached hydrogens (tertiary/aromatic N) is 3. The molecular formula is C16H12ClN5. The first kappa shape index (κ1) is 13.0. The number of aromatic amines is 1. The second-order valence-corrected chi connectivity index (χ2v) is 5.45. The Morgan fingerprint density at radius 1 is 1.18 bits per heavy atom. The maximum absolute atomic E-state index is 6.18. The fourth-order valence-corrected chi connectivity index (χ4v) is 2.80. The van der Waals surface area contributed by atoms with Crippen LogP contribution in [0.25, 0.3) is 21.8 Å². The van der Waals surface area contributed by atoms with E-state index in [9.17, 15) is 0 Å². The predicted octanol–water partition coefficient (Wildman–Crippen LogP) is 4.21. The minimum Gasteiger partial charge on any atom is -0.337 e. The Balaban J connectivity index is 1.78. The monoisotopic (exact) mass is 309 g/mol. The van der Waals surface area contributed by atoms with E-state index in [0.29, 0.717) is 11.0 Å². The van der Waals surface area contributed by atoms with E-state index >= 15 is 0 Å². The first-order valence-corrected chi connectivity index (χ1v) is 7.21. The molecule has 0 spiro atoms. The SMILES string of the molecule is Cc1cc2cc(Nc3n[nH]c4cccnc34)ccc2c(Cl)n1. The van der Waals surface area contributed by atoms with Crippen molar-refractivity contribution in [3.63, 3.8) is 0 Å². The van der Waals surface area contributed by atoms with Crippen LogP contribution in [0.2, 0.25) is 5.15 Å². The van der Waals surface area contributed by atoms with Gasteiger partial charge in [0.1, 0.15) is 10.7 Å². The molecule has 5 nitrogen and oxygen atoms in total. The molecule has 0 fully saturated rings. The van der Waals surface area contributed by atoms with Crippen LogP contribution in [0, 0.1) is 6.92 Å². The van der Waals surface area contributed by atoms with Crippen LogP contribution in [0.4, 0.5) is 11.5 Å². The van der Waals surface area contributed by atoms with Gasteiger partial charge in [0.25, 0.3) is 0 Å². The third kappa shape index (κ3) is 2.16. The predicted molar refractivity (Wildman–Crippen MR) is 88.7 cm³/mol. The summed E-state index contributed by atoms with van der Waals surface area (Å²) < 4.78 is 0. The molecule has 22 heavy (non-hydrogen) atoms. The summed E-state index contributed by atoms with van der Waals surface area (Å²) in [5.74, 6) is 0.701. The summed E-state index contributed by atoms with van der Waals surface area (Å²) in [5.41, 5.74) is 3.52. The molecule has 0 saturated heterocycles. The molecule has 0 aliphatic heterocycles. The first-order chi connectivity index (χ1) is 10.7. The lowest BCUT2D eigenvalue weighted by molar-refractivity contribution is 1.12. The number of halogens is 1. The molecule has 0 aliphatic carbocycles. The average Bonchev–Trinajstić information content (AvgIpc) is 2.90. The summed E-state index contributed by atoms with van der Waals surface area (Å²) in [6.45, 7) is 1.93. The van der Waals surface area contributed by atoms with Crippen molar-refractivity contribution in [2.75, 3.05) is 5.32 Å². The summed E-state index contributed by atoms with van der Waals surface area (Å²) in [7, 11) is 0. The molecule has 3 aromatic heterocycles. The van der Waals surface area contributed by atoms with Crippen molar-refractivity contribution in [1.82, 2.24) is 20.2 Å². The van der Waals surface area contributed by atoms with Gasteiger partial charge in [0.2, 0.25) is 0 Å². The number of rotatable bonds is 2. The minimum absolute atomic E-state index is 0.522. The molecule has 0 bridgehead atoms. The normalized spacial score (nSPS) is 11.2. The highest BCUT2D eigenvalue weighted by Crippen LogP contribution is 2.28.